The third kappa shape index (κ3) is 3.39. The van der Waals surface area contributed by atoms with E-state index < -0.39 is 11.6 Å². The van der Waals surface area contributed by atoms with E-state index in [2.05, 4.69) is 4.98 Å². The lowest BCUT2D eigenvalue weighted by Crippen LogP contribution is -2.12. The number of pyridine rings is 1. The van der Waals surface area contributed by atoms with Crippen LogP contribution in [0.25, 0.3) is 11.3 Å². The van der Waals surface area contributed by atoms with E-state index in [-0.39, 0.29) is 45.0 Å². The fourth-order valence-corrected chi connectivity index (χ4v) is 2.41. The molecule has 2 rings (SSSR count). The molecule has 0 aliphatic heterocycles. The topological polar surface area (TPSA) is 74.4 Å². The van der Waals surface area contributed by atoms with Gasteiger partial charge in [-0.05, 0) is 18.2 Å². The number of benzene rings is 1. The van der Waals surface area contributed by atoms with E-state index in [4.69, 9.17) is 38.4 Å². The van der Waals surface area contributed by atoms with Crippen LogP contribution in [-0.4, -0.2) is 31.6 Å². The Balaban J connectivity index is 2.64. The first-order chi connectivity index (χ1) is 10.9. The molecule has 1 heterocycles. The standard InChI is InChI=1S/C15H13Cl2FN2O3/c1-22-6-11(21)14-12(17)9(19)5-10(20-14)7-3-4-8(16)15(23-2)13(7)18/h3-5H,6H2,1-2H3,(H2,19,20). The lowest BCUT2D eigenvalue weighted by Gasteiger charge is -2.12. The molecule has 1 aromatic heterocycles. The number of anilines is 1. The fraction of sp³-hybridized carbons (Fsp3) is 0.200. The minimum absolute atomic E-state index is 0.00265. The van der Waals surface area contributed by atoms with Crippen molar-refractivity contribution in [3.8, 4) is 17.0 Å². The molecule has 5 nitrogen and oxygen atoms in total. The van der Waals surface area contributed by atoms with Crippen LogP contribution in [0.4, 0.5) is 10.1 Å². The predicted octanol–water partition coefficient (Wildman–Crippen LogP) is 3.61. The summed E-state index contributed by atoms with van der Waals surface area (Å²) in [6.45, 7) is -0.220. The first-order valence-electron chi connectivity index (χ1n) is 6.41. The average Bonchev–Trinajstić information content (AvgIpc) is 2.51. The molecule has 0 aliphatic carbocycles. The van der Waals surface area contributed by atoms with Gasteiger partial charge in [-0.1, -0.05) is 23.2 Å². The molecular formula is C15H13Cl2FN2O3. The summed E-state index contributed by atoms with van der Waals surface area (Å²) in [5.41, 5.74) is 6.04. The molecular weight excluding hydrogens is 346 g/mol. The summed E-state index contributed by atoms with van der Waals surface area (Å²) in [6.07, 6.45) is 0. The second-order valence-electron chi connectivity index (χ2n) is 4.56. The number of nitrogens with zero attached hydrogens (tertiary/aromatic N) is 1. The van der Waals surface area contributed by atoms with E-state index in [1.807, 2.05) is 0 Å². The third-order valence-corrected chi connectivity index (χ3v) is 3.75. The number of nitrogen functional groups attached to an aromatic ring is 1. The third-order valence-electron chi connectivity index (χ3n) is 3.05. The second-order valence-corrected chi connectivity index (χ2v) is 5.34. The van der Waals surface area contributed by atoms with Gasteiger partial charge >= 0.3 is 0 Å². The van der Waals surface area contributed by atoms with Crippen molar-refractivity contribution in [3.63, 3.8) is 0 Å². The molecule has 23 heavy (non-hydrogen) atoms. The van der Waals surface area contributed by atoms with Gasteiger partial charge in [0.25, 0.3) is 0 Å². The number of hydrogen-bond acceptors (Lipinski definition) is 5. The molecule has 0 bridgehead atoms. The van der Waals surface area contributed by atoms with Gasteiger partial charge in [0.05, 0.1) is 28.5 Å². The number of rotatable bonds is 5. The number of Topliss-reactive ketones (excluding diaryl/α,β-unsaturated/α-hetero) is 1. The Labute approximate surface area is 142 Å². The Morgan fingerprint density at radius 3 is 2.65 bits per heavy atom. The summed E-state index contributed by atoms with van der Waals surface area (Å²) in [5.74, 6) is -1.30. The monoisotopic (exact) mass is 358 g/mol. The van der Waals surface area contributed by atoms with Crippen LogP contribution in [0.3, 0.4) is 0 Å². The fourth-order valence-electron chi connectivity index (χ4n) is 1.99. The number of carbonyl (C=O) groups is 1. The van der Waals surface area contributed by atoms with Crippen molar-refractivity contribution in [2.24, 2.45) is 0 Å². The van der Waals surface area contributed by atoms with Gasteiger partial charge in [-0.15, -0.1) is 0 Å². The van der Waals surface area contributed by atoms with Gasteiger partial charge in [-0.3, -0.25) is 4.79 Å². The van der Waals surface area contributed by atoms with Gasteiger partial charge in [0.1, 0.15) is 12.3 Å². The highest BCUT2D eigenvalue weighted by atomic mass is 35.5. The zero-order chi connectivity index (χ0) is 17.1. The maximum Gasteiger partial charge on any atom is 0.208 e. The first kappa shape index (κ1) is 17.5. The molecule has 0 saturated heterocycles. The van der Waals surface area contributed by atoms with Crippen molar-refractivity contribution >= 4 is 34.7 Å². The molecule has 0 spiro atoms. The Morgan fingerprint density at radius 2 is 2.04 bits per heavy atom. The van der Waals surface area contributed by atoms with E-state index in [9.17, 15) is 9.18 Å². The lowest BCUT2D eigenvalue weighted by molar-refractivity contribution is 0.0843. The summed E-state index contributed by atoms with van der Waals surface area (Å²) in [6, 6.07) is 4.25. The molecule has 2 aromatic rings. The van der Waals surface area contributed by atoms with Gasteiger partial charge in [-0.25, -0.2) is 9.37 Å². The second kappa shape index (κ2) is 7.12. The number of halogens is 3. The number of carbonyl (C=O) groups excluding carboxylic acids is 1. The van der Waals surface area contributed by atoms with Crippen molar-refractivity contribution in [1.29, 1.82) is 0 Å². The van der Waals surface area contributed by atoms with Crippen molar-refractivity contribution in [2.45, 2.75) is 0 Å². The molecule has 0 amide bonds. The van der Waals surface area contributed by atoms with E-state index in [0.717, 1.165) is 0 Å². The van der Waals surface area contributed by atoms with Crippen LogP contribution < -0.4 is 10.5 Å². The summed E-state index contributed by atoms with van der Waals surface area (Å²) < 4.78 is 24.2. The summed E-state index contributed by atoms with van der Waals surface area (Å²) >= 11 is 11.9. The van der Waals surface area contributed by atoms with Gasteiger partial charge in [0.15, 0.2) is 11.6 Å². The molecule has 1 aromatic carbocycles. The highest BCUT2D eigenvalue weighted by molar-refractivity contribution is 6.36. The summed E-state index contributed by atoms with van der Waals surface area (Å²) in [5, 5.41) is 0.114. The number of aromatic nitrogens is 1. The van der Waals surface area contributed by atoms with Crippen LogP contribution in [0, 0.1) is 5.82 Å². The van der Waals surface area contributed by atoms with Crippen molar-refractivity contribution < 1.29 is 18.7 Å². The molecule has 122 valence electrons. The van der Waals surface area contributed by atoms with E-state index in [0.29, 0.717) is 0 Å². The highest BCUT2D eigenvalue weighted by Gasteiger charge is 2.20. The van der Waals surface area contributed by atoms with Gasteiger partial charge in [0.2, 0.25) is 5.78 Å². The maximum absolute atomic E-state index is 14.5. The summed E-state index contributed by atoms with van der Waals surface area (Å²) in [7, 11) is 2.66. The minimum atomic E-state index is -0.709. The molecule has 0 aliphatic rings. The smallest absolute Gasteiger partial charge is 0.208 e. The molecule has 0 atom stereocenters. The average molecular weight is 359 g/mol. The number of hydrogen-bond donors (Lipinski definition) is 1. The quantitative estimate of drug-likeness (QED) is 0.826. The van der Waals surface area contributed by atoms with Crippen molar-refractivity contribution in [1.82, 2.24) is 4.98 Å². The Kier molecular flexibility index (Phi) is 5.41. The molecule has 2 N–H and O–H groups in total. The van der Waals surface area contributed by atoms with Crippen molar-refractivity contribution in [3.05, 3.63) is 39.8 Å². The maximum atomic E-state index is 14.5. The molecule has 8 heteroatoms. The number of nitrogens with two attached hydrogens (primary N) is 1. The Morgan fingerprint density at radius 1 is 1.35 bits per heavy atom. The number of ketones is 1. The SMILES string of the molecule is COCC(=O)c1nc(-c2ccc(Cl)c(OC)c2F)cc(N)c1Cl. The number of ether oxygens (including phenoxy) is 2. The van der Waals surface area contributed by atoms with Crippen LogP contribution >= 0.6 is 23.2 Å². The van der Waals surface area contributed by atoms with Crippen LogP contribution in [-0.2, 0) is 4.74 Å². The largest absolute Gasteiger partial charge is 0.492 e. The normalized spacial score (nSPS) is 10.7. The van der Waals surface area contributed by atoms with Crippen LogP contribution in [0.2, 0.25) is 10.0 Å². The molecule has 0 fully saturated rings. The molecule has 0 saturated carbocycles. The van der Waals surface area contributed by atoms with Crippen molar-refractivity contribution in [2.75, 3.05) is 26.6 Å². The Hall–Kier alpha value is -1.89. The Bertz CT molecular complexity index is 769. The molecule has 0 radical (unpaired) electrons. The number of methoxy groups -OCH3 is 2. The lowest BCUT2D eigenvalue weighted by atomic mass is 10.1. The van der Waals surface area contributed by atoms with E-state index in [1.165, 1.54) is 32.4 Å². The first-order valence-corrected chi connectivity index (χ1v) is 7.16. The van der Waals surface area contributed by atoms with Gasteiger partial charge in [-0.2, -0.15) is 0 Å². The minimum Gasteiger partial charge on any atom is -0.492 e. The highest BCUT2D eigenvalue weighted by Crippen LogP contribution is 2.36. The molecule has 0 unspecified atom stereocenters. The summed E-state index contributed by atoms with van der Waals surface area (Å²) in [4.78, 5) is 16.1. The van der Waals surface area contributed by atoms with Crippen LogP contribution in [0.1, 0.15) is 10.5 Å². The van der Waals surface area contributed by atoms with Gasteiger partial charge in [0, 0.05) is 12.7 Å². The van der Waals surface area contributed by atoms with E-state index in [1.54, 1.807) is 0 Å². The van der Waals surface area contributed by atoms with Crippen LogP contribution in [0.15, 0.2) is 18.2 Å². The predicted molar refractivity (Wildman–Crippen MR) is 86.8 cm³/mol. The van der Waals surface area contributed by atoms with Gasteiger partial charge < -0.3 is 15.2 Å². The zero-order valence-electron chi connectivity index (χ0n) is 12.3. The van der Waals surface area contributed by atoms with Crippen LogP contribution in [0.5, 0.6) is 5.75 Å². The van der Waals surface area contributed by atoms with E-state index >= 15 is 0 Å². The zero-order valence-corrected chi connectivity index (χ0v) is 13.8.